The van der Waals surface area contributed by atoms with Crippen LogP contribution in [-0.2, 0) is 9.53 Å². The maximum absolute atomic E-state index is 11.6. The number of nitrogens with one attached hydrogen (secondary N) is 2. The second-order valence-corrected chi connectivity index (χ2v) is 6.24. The lowest BCUT2D eigenvalue weighted by atomic mass is 10.2. The van der Waals surface area contributed by atoms with Gasteiger partial charge in [0.15, 0.2) is 0 Å². The lowest BCUT2D eigenvalue weighted by molar-refractivity contribution is -0.120. The van der Waals surface area contributed by atoms with Crippen molar-refractivity contribution in [3.8, 4) is 0 Å². The average molecular weight is 274 g/mol. The molecule has 4 nitrogen and oxygen atoms in total. The van der Waals surface area contributed by atoms with Crippen molar-refractivity contribution in [3.05, 3.63) is 0 Å². The van der Waals surface area contributed by atoms with Gasteiger partial charge in [0.1, 0.15) is 0 Å². The van der Waals surface area contributed by atoms with Crippen LogP contribution >= 0.6 is 11.8 Å². The predicted octanol–water partition coefficient (Wildman–Crippen LogP) is 1.40. The highest BCUT2D eigenvalue weighted by Crippen LogP contribution is 2.29. The summed E-state index contributed by atoms with van der Waals surface area (Å²) in [5, 5.41) is 7.03. The molecule has 2 unspecified atom stereocenters. The Bertz CT molecular complexity index is 239. The second-order valence-electron chi connectivity index (χ2n) is 4.66. The number of carbonyl (C=O) groups excluding carboxylic acids is 1. The molecule has 5 heteroatoms. The van der Waals surface area contributed by atoms with Gasteiger partial charge in [-0.3, -0.25) is 4.79 Å². The van der Waals surface area contributed by atoms with Gasteiger partial charge in [-0.25, -0.2) is 0 Å². The number of rotatable bonds is 9. The third kappa shape index (κ3) is 6.61. The molecule has 0 aromatic heterocycles. The summed E-state index contributed by atoms with van der Waals surface area (Å²) in [5.74, 6) is 1.29. The van der Waals surface area contributed by atoms with Gasteiger partial charge in [0.2, 0.25) is 5.91 Å². The van der Waals surface area contributed by atoms with E-state index in [1.807, 2.05) is 11.8 Å². The molecule has 2 N–H and O–H groups in total. The largest absolute Gasteiger partial charge is 0.385 e. The van der Waals surface area contributed by atoms with Crippen molar-refractivity contribution >= 4 is 17.7 Å². The maximum atomic E-state index is 11.6. The molecule has 0 heterocycles. The fourth-order valence-electron chi connectivity index (χ4n) is 2.26. The Labute approximate surface area is 115 Å². The molecular formula is C13H26N2O2S. The van der Waals surface area contributed by atoms with E-state index in [0.717, 1.165) is 11.7 Å². The fraction of sp³-hybridized carbons (Fsp3) is 0.923. The molecule has 2 atom stereocenters. The molecule has 1 fully saturated rings. The molecule has 0 aromatic carbocycles. The normalized spacial score (nSPS) is 23.2. The zero-order valence-electron chi connectivity index (χ0n) is 11.5. The van der Waals surface area contributed by atoms with Crippen LogP contribution in [0.5, 0.6) is 0 Å². The van der Waals surface area contributed by atoms with Crippen LogP contribution in [-0.4, -0.2) is 49.8 Å². The molecule has 1 saturated carbocycles. The Kier molecular flexibility index (Phi) is 8.46. The fourth-order valence-corrected chi connectivity index (χ4v) is 3.40. The molecule has 1 aliphatic carbocycles. The summed E-state index contributed by atoms with van der Waals surface area (Å²) in [4.78, 5) is 11.6. The minimum Gasteiger partial charge on any atom is -0.385 e. The van der Waals surface area contributed by atoms with Crippen molar-refractivity contribution < 1.29 is 9.53 Å². The van der Waals surface area contributed by atoms with Crippen LogP contribution in [0.2, 0.25) is 0 Å². The number of amides is 1. The first kappa shape index (κ1) is 15.8. The molecule has 1 rings (SSSR count). The van der Waals surface area contributed by atoms with Gasteiger partial charge in [0.25, 0.3) is 0 Å². The third-order valence-electron chi connectivity index (χ3n) is 3.19. The molecule has 0 aliphatic heterocycles. The molecule has 0 bridgehead atoms. The van der Waals surface area contributed by atoms with Gasteiger partial charge in [0, 0.05) is 31.6 Å². The van der Waals surface area contributed by atoms with Gasteiger partial charge < -0.3 is 15.4 Å². The van der Waals surface area contributed by atoms with Crippen molar-refractivity contribution in [1.29, 1.82) is 0 Å². The summed E-state index contributed by atoms with van der Waals surface area (Å²) in [6.07, 6.45) is 4.57. The zero-order valence-corrected chi connectivity index (χ0v) is 12.4. The summed E-state index contributed by atoms with van der Waals surface area (Å²) in [6.45, 7) is 4.06. The monoisotopic (exact) mass is 274 g/mol. The Hall–Kier alpha value is -0.260. The van der Waals surface area contributed by atoms with E-state index in [-0.39, 0.29) is 5.91 Å². The van der Waals surface area contributed by atoms with Crippen LogP contribution in [0.15, 0.2) is 0 Å². The number of ether oxygens (including phenoxy) is 1. The predicted molar refractivity (Wildman–Crippen MR) is 77.1 cm³/mol. The van der Waals surface area contributed by atoms with Crippen molar-refractivity contribution in [2.75, 3.05) is 32.6 Å². The Morgan fingerprint density at radius 2 is 2.28 bits per heavy atom. The molecule has 106 valence electrons. The minimum atomic E-state index is 0.0951. The molecule has 1 aliphatic rings. The van der Waals surface area contributed by atoms with E-state index in [1.165, 1.54) is 25.0 Å². The quantitative estimate of drug-likeness (QED) is 0.624. The summed E-state index contributed by atoms with van der Waals surface area (Å²) >= 11 is 2.04. The molecule has 1 amide bonds. The first-order chi connectivity index (χ1) is 8.76. The minimum absolute atomic E-state index is 0.0951. The van der Waals surface area contributed by atoms with E-state index in [0.29, 0.717) is 25.7 Å². The van der Waals surface area contributed by atoms with Crippen LogP contribution in [0, 0.1) is 0 Å². The summed E-state index contributed by atoms with van der Waals surface area (Å²) < 4.78 is 4.93. The zero-order chi connectivity index (χ0) is 13.2. The van der Waals surface area contributed by atoms with E-state index in [4.69, 9.17) is 4.74 Å². The standard InChI is InChI=1S/C13H26N2O2S/c1-3-18-12-6-5-11(9-12)15-10-13(16)14-7-4-8-17-2/h11-12,15H,3-10H2,1-2H3,(H,14,16). The summed E-state index contributed by atoms with van der Waals surface area (Å²) in [6, 6.07) is 0.527. The topological polar surface area (TPSA) is 50.4 Å². The van der Waals surface area contributed by atoms with Gasteiger partial charge >= 0.3 is 0 Å². The lowest BCUT2D eigenvalue weighted by Gasteiger charge is -2.13. The van der Waals surface area contributed by atoms with Gasteiger partial charge in [-0.15, -0.1) is 0 Å². The highest BCUT2D eigenvalue weighted by atomic mass is 32.2. The van der Waals surface area contributed by atoms with E-state index >= 15 is 0 Å². The van der Waals surface area contributed by atoms with Crippen molar-refractivity contribution in [2.24, 2.45) is 0 Å². The van der Waals surface area contributed by atoms with Gasteiger partial charge in [-0.05, 0) is 31.4 Å². The van der Waals surface area contributed by atoms with E-state index in [2.05, 4.69) is 17.6 Å². The van der Waals surface area contributed by atoms with E-state index in [1.54, 1.807) is 7.11 Å². The average Bonchev–Trinajstić information content (AvgIpc) is 2.80. The van der Waals surface area contributed by atoms with Crippen molar-refractivity contribution in [2.45, 2.75) is 43.9 Å². The smallest absolute Gasteiger partial charge is 0.233 e. The first-order valence-corrected chi connectivity index (χ1v) is 7.91. The summed E-state index contributed by atoms with van der Waals surface area (Å²) in [5.41, 5.74) is 0. The van der Waals surface area contributed by atoms with Crippen LogP contribution in [0.1, 0.15) is 32.6 Å². The van der Waals surface area contributed by atoms with E-state index in [9.17, 15) is 4.79 Å². The molecule has 0 aromatic rings. The second kappa shape index (κ2) is 9.64. The molecule has 0 spiro atoms. The van der Waals surface area contributed by atoms with Gasteiger partial charge in [0.05, 0.1) is 6.54 Å². The SMILES string of the molecule is CCSC1CCC(NCC(=O)NCCCOC)C1. The summed E-state index contributed by atoms with van der Waals surface area (Å²) in [7, 11) is 1.67. The molecular weight excluding hydrogens is 248 g/mol. The van der Waals surface area contributed by atoms with Gasteiger partial charge in [-0.2, -0.15) is 11.8 Å². The number of hydrogen-bond acceptors (Lipinski definition) is 4. The Balaban J connectivity index is 2.01. The third-order valence-corrected chi connectivity index (χ3v) is 4.42. The highest BCUT2D eigenvalue weighted by Gasteiger charge is 2.24. The van der Waals surface area contributed by atoms with E-state index < -0.39 is 0 Å². The van der Waals surface area contributed by atoms with Gasteiger partial charge in [-0.1, -0.05) is 6.92 Å². The Morgan fingerprint density at radius 3 is 3.00 bits per heavy atom. The van der Waals surface area contributed by atoms with Crippen molar-refractivity contribution in [3.63, 3.8) is 0 Å². The molecule has 18 heavy (non-hydrogen) atoms. The van der Waals surface area contributed by atoms with Crippen LogP contribution in [0.25, 0.3) is 0 Å². The van der Waals surface area contributed by atoms with Crippen LogP contribution in [0.4, 0.5) is 0 Å². The number of thioether (sulfide) groups is 1. The molecule has 0 saturated heterocycles. The number of methoxy groups -OCH3 is 1. The molecule has 0 radical (unpaired) electrons. The lowest BCUT2D eigenvalue weighted by Crippen LogP contribution is -2.38. The highest BCUT2D eigenvalue weighted by molar-refractivity contribution is 7.99. The first-order valence-electron chi connectivity index (χ1n) is 6.86. The van der Waals surface area contributed by atoms with Crippen molar-refractivity contribution in [1.82, 2.24) is 10.6 Å². The Morgan fingerprint density at radius 1 is 1.44 bits per heavy atom. The number of hydrogen-bond donors (Lipinski definition) is 2. The van der Waals surface area contributed by atoms with Crippen LogP contribution < -0.4 is 10.6 Å². The number of carbonyl (C=O) groups is 1. The van der Waals surface area contributed by atoms with Crippen LogP contribution in [0.3, 0.4) is 0 Å². The maximum Gasteiger partial charge on any atom is 0.233 e.